The van der Waals surface area contributed by atoms with Crippen LogP contribution in [0.25, 0.3) is 0 Å². The number of ether oxygens (including phenoxy) is 1. The van der Waals surface area contributed by atoms with Crippen LogP contribution in [0, 0.1) is 5.92 Å². The molecule has 2 saturated heterocycles. The minimum atomic E-state index is 0.294. The highest BCUT2D eigenvalue weighted by Crippen LogP contribution is 2.31. The third kappa shape index (κ3) is 4.44. The van der Waals surface area contributed by atoms with Gasteiger partial charge in [0.25, 0.3) is 0 Å². The number of piperidine rings is 2. The van der Waals surface area contributed by atoms with Crippen LogP contribution < -0.4 is 5.32 Å². The molecule has 0 radical (unpaired) electrons. The van der Waals surface area contributed by atoms with Gasteiger partial charge in [-0.3, -0.25) is 4.90 Å². The Morgan fingerprint density at radius 1 is 1.21 bits per heavy atom. The Balaban J connectivity index is 1.85. The molecule has 112 valence electrons. The monoisotopic (exact) mass is 268 g/mol. The SMILES string of the molecule is CC(C)O[C@H]1CCN(CC2CCNCC2)C(C)(C)C1. The van der Waals surface area contributed by atoms with Crippen LogP contribution in [0.5, 0.6) is 0 Å². The molecule has 3 nitrogen and oxygen atoms in total. The van der Waals surface area contributed by atoms with E-state index in [1.165, 1.54) is 51.9 Å². The van der Waals surface area contributed by atoms with Gasteiger partial charge in [0.2, 0.25) is 0 Å². The zero-order chi connectivity index (χ0) is 13.9. The highest BCUT2D eigenvalue weighted by molar-refractivity contribution is 4.91. The van der Waals surface area contributed by atoms with Crippen LogP contribution in [0.3, 0.4) is 0 Å². The summed E-state index contributed by atoms with van der Waals surface area (Å²) in [5, 5.41) is 3.46. The number of nitrogens with zero attached hydrogens (tertiary/aromatic N) is 1. The normalized spacial score (nSPS) is 29.8. The van der Waals surface area contributed by atoms with E-state index in [0.717, 1.165) is 5.92 Å². The van der Waals surface area contributed by atoms with Crippen LogP contribution in [0.4, 0.5) is 0 Å². The first-order chi connectivity index (χ1) is 8.97. The van der Waals surface area contributed by atoms with Gasteiger partial charge in [-0.15, -0.1) is 0 Å². The third-order valence-corrected chi connectivity index (χ3v) is 4.71. The number of nitrogens with one attached hydrogen (secondary N) is 1. The lowest BCUT2D eigenvalue weighted by molar-refractivity contribution is -0.0706. The molecule has 2 aliphatic heterocycles. The smallest absolute Gasteiger partial charge is 0.0608 e. The van der Waals surface area contributed by atoms with Crippen molar-refractivity contribution in [3.8, 4) is 0 Å². The first kappa shape index (κ1) is 15.3. The van der Waals surface area contributed by atoms with Gasteiger partial charge in [0.1, 0.15) is 0 Å². The molecule has 2 fully saturated rings. The van der Waals surface area contributed by atoms with Gasteiger partial charge >= 0.3 is 0 Å². The largest absolute Gasteiger partial charge is 0.375 e. The van der Waals surface area contributed by atoms with E-state index in [2.05, 4.69) is 37.9 Å². The summed E-state index contributed by atoms with van der Waals surface area (Å²) in [5.74, 6) is 0.892. The number of likely N-dealkylation sites (tertiary alicyclic amines) is 1. The zero-order valence-electron chi connectivity index (χ0n) is 13.2. The van der Waals surface area contributed by atoms with E-state index < -0.39 is 0 Å². The molecule has 0 unspecified atom stereocenters. The standard InChI is InChI=1S/C16H32N2O/c1-13(2)19-15-7-10-18(16(3,4)11-15)12-14-5-8-17-9-6-14/h13-15,17H,5-12H2,1-4H3/t15-/m0/s1. The lowest BCUT2D eigenvalue weighted by Gasteiger charge is -2.47. The Labute approximate surface area is 119 Å². The number of hydrogen-bond donors (Lipinski definition) is 1. The van der Waals surface area contributed by atoms with Crippen LogP contribution in [0.15, 0.2) is 0 Å². The Hall–Kier alpha value is -0.120. The van der Waals surface area contributed by atoms with E-state index in [1.807, 2.05) is 0 Å². The van der Waals surface area contributed by atoms with E-state index in [-0.39, 0.29) is 0 Å². The van der Waals surface area contributed by atoms with Gasteiger partial charge in [-0.2, -0.15) is 0 Å². The summed E-state index contributed by atoms with van der Waals surface area (Å²) >= 11 is 0. The van der Waals surface area contributed by atoms with Crippen LogP contribution >= 0.6 is 0 Å². The summed E-state index contributed by atoms with van der Waals surface area (Å²) in [4.78, 5) is 2.71. The molecular formula is C16H32N2O. The van der Waals surface area contributed by atoms with Crippen molar-refractivity contribution in [1.82, 2.24) is 10.2 Å². The van der Waals surface area contributed by atoms with Crippen molar-refractivity contribution < 1.29 is 4.74 Å². The first-order valence-corrected chi connectivity index (χ1v) is 8.08. The maximum atomic E-state index is 6.03. The molecule has 2 rings (SSSR count). The predicted molar refractivity (Wildman–Crippen MR) is 80.5 cm³/mol. The van der Waals surface area contributed by atoms with Crippen LogP contribution in [0.2, 0.25) is 0 Å². The lowest BCUT2D eigenvalue weighted by atomic mass is 9.86. The highest BCUT2D eigenvalue weighted by Gasteiger charge is 2.36. The molecule has 1 N–H and O–H groups in total. The van der Waals surface area contributed by atoms with E-state index in [0.29, 0.717) is 17.7 Å². The Morgan fingerprint density at radius 2 is 1.89 bits per heavy atom. The van der Waals surface area contributed by atoms with Crippen molar-refractivity contribution in [1.29, 1.82) is 0 Å². The second-order valence-corrected chi connectivity index (χ2v) is 7.25. The highest BCUT2D eigenvalue weighted by atomic mass is 16.5. The van der Waals surface area contributed by atoms with E-state index in [1.54, 1.807) is 0 Å². The number of hydrogen-bond acceptors (Lipinski definition) is 3. The summed E-state index contributed by atoms with van der Waals surface area (Å²) in [6.45, 7) is 14.0. The second-order valence-electron chi connectivity index (χ2n) is 7.25. The molecule has 2 aliphatic rings. The quantitative estimate of drug-likeness (QED) is 0.848. The molecule has 0 spiro atoms. The van der Waals surface area contributed by atoms with Gasteiger partial charge in [0, 0.05) is 18.6 Å². The second kappa shape index (κ2) is 6.55. The molecule has 0 aromatic rings. The Bertz CT molecular complexity index is 272. The molecular weight excluding hydrogens is 236 g/mol. The van der Waals surface area contributed by atoms with Gasteiger partial charge in [0.15, 0.2) is 0 Å². The van der Waals surface area contributed by atoms with Gasteiger partial charge in [-0.1, -0.05) is 0 Å². The predicted octanol–water partition coefficient (Wildman–Crippen LogP) is 2.65. The fourth-order valence-electron chi connectivity index (χ4n) is 3.61. The molecule has 0 aromatic carbocycles. The van der Waals surface area contributed by atoms with E-state index in [9.17, 15) is 0 Å². The lowest BCUT2D eigenvalue weighted by Crippen LogP contribution is -2.54. The van der Waals surface area contributed by atoms with Gasteiger partial charge in [-0.25, -0.2) is 0 Å². The fourth-order valence-corrected chi connectivity index (χ4v) is 3.61. The van der Waals surface area contributed by atoms with Crippen molar-refractivity contribution in [2.24, 2.45) is 5.92 Å². The zero-order valence-corrected chi connectivity index (χ0v) is 13.2. The van der Waals surface area contributed by atoms with Crippen LogP contribution in [0.1, 0.15) is 53.4 Å². The molecule has 0 amide bonds. The average Bonchev–Trinajstić information content (AvgIpc) is 2.33. The molecule has 0 aromatic heterocycles. The topological polar surface area (TPSA) is 24.5 Å². The minimum absolute atomic E-state index is 0.294. The van der Waals surface area contributed by atoms with E-state index in [4.69, 9.17) is 4.74 Å². The maximum absolute atomic E-state index is 6.03. The van der Waals surface area contributed by atoms with Crippen molar-refractivity contribution in [3.05, 3.63) is 0 Å². The van der Waals surface area contributed by atoms with Crippen molar-refractivity contribution in [2.75, 3.05) is 26.2 Å². The maximum Gasteiger partial charge on any atom is 0.0608 e. The number of rotatable bonds is 4. The summed E-state index contributed by atoms with van der Waals surface area (Å²) in [6, 6.07) is 0. The third-order valence-electron chi connectivity index (χ3n) is 4.71. The molecule has 1 atom stereocenters. The Kier molecular flexibility index (Phi) is 5.27. The van der Waals surface area contributed by atoms with Gasteiger partial charge in [0.05, 0.1) is 12.2 Å². The minimum Gasteiger partial charge on any atom is -0.375 e. The molecule has 3 heteroatoms. The fraction of sp³-hybridized carbons (Fsp3) is 1.00. The summed E-state index contributed by atoms with van der Waals surface area (Å²) < 4.78 is 6.03. The van der Waals surface area contributed by atoms with Crippen molar-refractivity contribution in [3.63, 3.8) is 0 Å². The molecule has 2 heterocycles. The summed E-state index contributed by atoms with van der Waals surface area (Å²) in [5.41, 5.74) is 0.294. The van der Waals surface area contributed by atoms with E-state index >= 15 is 0 Å². The molecule has 19 heavy (non-hydrogen) atoms. The van der Waals surface area contributed by atoms with Crippen LogP contribution in [-0.4, -0.2) is 48.8 Å². The van der Waals surface area contributed by atoms with Crippen molar-refractivity contribution in [2.45, 2.75) is 71.1 Å². The van der Waals surface area contributed by atoms with Crippen LogP contribution in [-0.2, 0) is 4.74 Å². The Morgan fingerprint density at radius 3 is 2.47 bits per heavy atom. The molecule has 0 bridgehead atoms. The first-order valence-electron chi connectivity index (χ1n) is 8.08. The molecule has 0 aliphatic carbocycles. The molecule has 0 saturated carbocycles. The summed E-state index contributed by atoms with van der Waals surface area (Å²) in [6.07, 6.45) is 5.88. The van der Waals surface area contributed by atoms with Crippen molar-refractivity contribution >= 4 is 0 Å². The average molecular weight is 268 g/mol. The summed E-state index contributed by atoms with van der Waals surface area (Å²) in [7, 11) is 0. The van der Waals surface area contributed by atoms with Gasteiger partial charge < -0.3 is 10.1 Å². The van der Waals surface area contributed by atoms with Gasteiger partial charge in [-0.05, 0) is 72.4 Å².